The van der Waals surface area contributed by atoms with Gasteiger partial charge in [-0.3, -0.25) is 14.6 Å². The van der Waals surface area contributed by atoms with Crippen molar-refractivity contribution in [1.82, 2.24) is 15.2 Å². The molecule has 0 saturated carbocycles. The molecule has 5 nitrogen and oxygen atoms in total. The number of nitrogens with zero attached hydrogens (tertiary/aromatic N) is 2. The Bertz CT molecular complexity index is 659. The van der Waals surface area contributed by atoms with Crippen molar-refractivity contribution >= 4 is 11.8 Å². The number of aromatic nitrogens is 1. The van der Waals surface area contributed by atoms with Gasteiger partial charge < -0.3 is 10.2 Å². The van der Waals surface area contributed by atoms with Gasteiger partial charge in [-0.05, 0) is 35.9 Å². The van der Waals surface area contributed by atoms with Gasteiger partial charge in [0, 0.05) is 44.5 Å². The smallest absolute Gasteiger partial charge is 0.251 e. The van der Waals surface area contributed by atoms with Gasteiger partial charge in [-0.15, -0.1) is 0 Å². The van der Waals surface area contributed by atoms with Gasteiger partial charge in [0.1, 0.15) is 5.82 Å². The number of amides is 2. The highest BCUT2D eigenvalue weighted by molar-refractivity contribution is 5.94. The molecule has 0 atom stereocenters. The third-order valence-corrected chi connectivity index (χ3v) is 3.32. The lowest BCUT2D eigenvalue weighted by Gasteiger charge is -2.21. The van der Waals surface area contributed by atoms with E-state index in [0.29, 0.717) is 25.2 Å². The zero-order valence-corrected chi connectivity index (χ0v) is 12.8. The Morgan fingerprint density at radius 3 is 2.57 bits per heavy atom. The van der Waals surface area contributed by atoms with E-state index < -0.39 is 0 Å². The topological polar surface area (TPSA) is 62.3 Å². The molecule has 23 heavy (non-hydrogen) atoms. The zero-order valence-electron chi connectivity index (χ0n) is 12.8. The van der Waals surface area contributed by atoms with Crippen molar-refractivity contribution < 1.29 is 14.0 Å². The van der Waals surface area contributed by atoms with Crippen molar-refractivity contribution in [2.45, 2.75) is 13.5 Å². The summed E-state index contributed by atoms with van der Waals surface area (Å²) >= 11 is 0. The maximum absolute atomic E-state index is 12.8. The Kier molecular flexibility index (Phi) is 5.80. The summed E-state index contributed by atoms with van der Waals surface area (Å²) in [5, 5.41) is 2.72. The van der Waals surface area contributed by atoms with Crippen LogP contribution >= 0.6 is 0 Å². The molecule has 0 aliphatic heterocycles. The number of carbonyl (C=O) groups excluding carboxylic acids is 2. The lowest BCUT2D eigenvalue weighted by atomic mass is 10.2. The van der Waals surface area contributed by atoms with E-state index in [1.54, 1.807) is 17.3 Å². The van der Waals surface area contributed by atoms with Crippen LogP contribution in [0.1, 0.15) is 22.8 Å². The molecule has 1 N–H and O–H groups in total. The van der Waals surface area contributed by atoms with Crippen molar-refractivity contribution in [3.05, 3.63) is 65.7 Å². The minimum Gasteiger partial charge on any atom is -0.350 e. The van der Waals surface area contributed by atoms with Gasteiger partial charge in [0.15, 0.2) is 0 Å². The van der Waals surface area contributed by atoms with Gasteiger partial charge in [-0.2, -0.15) is 0 Å². The molecule has 6 heteroatoms. The lowest BCUT2D eigenvalue weighted by Crippen LogP contribution is -2.37. The molecule has 0 saturated heterocycles. The van der Waals surface area contributed by atoms with Crippen LogP contribution in [-0.2, 0) is 11.3 Å². The molecule has 0 aliphatic rings. The second kappa shape index (κ2) is 8.03. The normalized spacial score (nSPS) is 10.2. The van der Waals surface area contributed by atoms with Crippen LogP contribution in [0.2, 0.25) is 0 Å². The van der Waals surface area contributed by atoms with Crippen LogP contribution in [0.15, 0.2) is 48.8 Å². The fourth-order valence-corrected chi connectivity index (χ4v) is 2.07. The fraction of sp³-hybridized carbons (Fsp3) is 0.235. The molecular formula is C17H18FN3O2. The molecule has 0 fully saturated rings. The van der Waals surface area contributed by atoms with E-state index in [1.165, 1.54) is 31.2 Å². The molecule has 0 spiro atoms. The molecule has 1 aromatic carbocycles. The van der Waals surface area contributed by atoms with E-state index in [0.717, 1.165) is 5.56 Å². The van der Waals surface area contributed by atoms with Crippen molar-refractivity contribution in [2.24, 2.45) is 0 Å². The number of carbonyl (C=O) groups is 2. The third kappa shape index (κ3) is 5.18. The van der Waals surface area contributed by atoms with Crippen LogP contribution < -0.4 is 5.32 Å². The first-order valence-corrected chi connectivity index (χ1v) is 7.24. The number of hydrogen-bond donors (Lipinski definition) is 1. The van der Waals surface area contributed by atoms with Crippen LogP contribution in [0.4, 0.5) is 4.39 Å². The molecular weight excluding hydrogens is 297 g/mol. The Labute approximate surface area is 134 Å². The van der Waals surface area contributed by atoms with Crippen LogP contribution in [-0.4, -0.2) is 34.8 Å². The Hall–Kier alpha value is -2.76. The number of halogens is 1. The largest absolute Gasteiger partial charge is 0.350 e. The quantitative estimate of drug-likeness (QED) is 0.887. The first kappa shape index (κ1) is 16.6. The standard InChI is InChI=1S/C17H18FN3O2/c1-13(22)21(12-14-3-2-8-19-11-14)10-9-20-17(23)15-4-6-16(18)7-5-15/h2-8,11H,9-10,12H2,1H3,(H,20,23). The minimum atomic E-state index is -0.388. The van der Waals surface area contributed by atoms with Gasteiger partial charge in [0.05, 0.1) is 0 Å². The Balaban J connectivity index is 1.85. The van der Waals surface area contributed by atoms with Crippen molar-refractivity contribution in [1.29, 1.82) is 0 Å². The number of rotatable bonds is 6. The number of nitrogens with one attached hydrogen (secondary N) is 1. The lowest BCUT2D eigenvalue weighted by molar-refractivity contribution is -0.129. The summed E-state index contributed by atoms with van der Waals surface area (Å²) < 4.78 is 12.8. The van der Waals surface area contributed by atoms with Crippen LogP contribution in [0.5, 0.6) is 0 Å². The average Bonchev–Trinajstić information content (AvgIpc) is 2.55. The van der Waals surface area contributed by atoms with Gasteiger partial charge >= 0.3 is 0 Å². The molecule has 0 aliphatic carbocycles. The SMILES string of the molecule is CC(=O)N(CCNC(=O)c1ccc(F)cc1)Cc1cccnc1. The molecule has 2 rings (SSSR count). The molecule has 1 heterocycles. The molecule has 0 bridgehead atoms. The van der Waals surface area contributed by atoms with E-state index >= 15 is 0 Å². The highest BCUT2D eigenvalue weighted by Gasteiger charge is 2.11. The van der Waals surface area contributed by atoms with Crippen molar-refractivity contribution in [2.75, 3.05) is 13.1 Å². The average molecular weight is 315 g/mol. The summed E-state index contributed by atoms with van der Waals surface area (Å²) in [6, 6.07) is 9.01. The van der Waals surface area contributed by atoms with E-state index in [4.69, 9.17) is 0 Å². The second-order valence-corrected chi connectivity index (χ2v) is 5.06. The van der Waals surface area contributed by atoms with Gasteiger partial charge in [-0.1, -0.05) is 6.07 Å². The highest BCUT2D eigenvalue weighted by Crippen LogP contribution is 2.04. The van der Waals surface area contributed by atoms with E-state index in [2.05, 4.69) is 10.3 Å². The van der Waals surface area contributed by atoms with Crippen molar-refractivity contribution in [3.8, 4) is 0 Å². The summed E-state index contributed by atoms with van der Waals surface area (Å²) in [6.07, 6.45) is 3.37. The molecule has 2 amide bonds. The first-order valence-electron chi connectivity index (χ1n) is 7.24. The van der Waals surface area contributed by atoms with Crippen molar-refractivity contribution in [3.63, 3.8) is 0 Å². The number of pyridine rings is 1. The van der Waals surface area contributed by atoms with Crippen LogP contribution in [0.3, 0.4) is 0 Å². The predicted molar refractivity (Wildman–Crippen MR) is 84.1 cm³/mol. The summed E-state index contributed by atoms with van der Waals surface area (Å²) in [5.41, 5.74) is 1.31. The molecule has 0 unspecified atom stereocenters. The predicted octanol–water partition coefficient (Wildman–Crippen LogP) is 2.00. The summed E-state index contributed by atoms with van der Waals surface area (Å²) in [4.78, 5) is 29.2. The monoisotopic (exact) mass is 315 g/mol. The van der Waals surface area contributed by atoms with Crippen LogP contribution in [0, 0.1) is 5.82 Å². The molecule has 2 aromatic rings. The summed E-state index contributed by atoms with van der Waals surface area (Å²) in [5.74, 6) is -0.763. The second-order valence-electron chi connectivity index (χ2n) is 5.06. The molecule has 0 radical (unpaired) electrons. The van der Waals surface area contributed by atoms with E-state index in [9.17, 15) is 14.0 Å². The number of benzene rings is 1. The van der Waals surface area contributed by atoms with E-state index in [1.807, 2.05) is 12.1 Å². The van der Waals surface area contributed by atoms with Gasteiger partial charge in [-0.25, -0.2) is 4.39 Å². The molecule has 120 valence electrons. The molecule has 1 aromatic heterocycles. The number of hydrogen-bond acceptors (Lipinski definition) is 3. The minimum absolute atomic E-state index is 0.0788. The van der Waals surface area contributed by atoms with Gasteiger partial charge in [0.25, 0.3) is 5.91 Å². The van der Waals surface area contributed by atoms with Crippen LogP contribution in [0.25, 0.3) is 0 Å². The summed E-state index contributed by atoms with van der Waals surface area (Å²) in [7, 11) is 0. The van der Waals surface area contributed by atoms with E-state index in [-0.39, 0.29) is 17.6 Å². The van der Waals surface area contributed by atoms with Gasteiger partial charge in [0.2, 0.25) is 5.91 Å². The fourth-order valence-electron chi connectivity index (χ4n) is 2.07. The first-order chi connectivity index (χ1) is 11.1. The maximum atomic E-state index is 12.8. The highest BCUT2D eigenvalue weighted by atomic mass is 19.1. The zero-order chi connectivity index (χ0) is 16.7. The summed E-state index contributed by atoms with van der Waals surface area (Å²) in [6.45, 7) is 2.63. The Morgan fingerprint density at radius 2 is 1.96 bits per heavy atom. The maximum Gasteiger partial charge on any atom is 0.251 e. The Morgan fingerprint density at radius 1 is 1.22 bits per heavy atom. The third-order valence-electron chi connectivity index (χ3n) is 3.32.